The van der Waals surface area contributed by atoms with Gasteiger partial charge < -0.3 is 4.74 Å². The van der Waals surface area contributed by atoms with E-state index in [0.717, 1.165) is 4.47 Å². The van der Waals surface area contributed by atoms with E-state index in [0.29, 0.717) is 17.6 Å². The summed E-state index contributed by atoms with van der Waals surface area (Å²) in [5.74, 6) is 0.487. The van der Waals surface area contributed by atoms with Crippen molar-refractivity contribution in [3.8, 4) is 5.75 Å². The van der Waals surface area contributed by atoms with Crippen LogP contribution in [0.25, 0.3) is 10.4 Å². The van der Waals surface area contributed by atoms with Crippen molar-refractivity contribution >= 4 is 22.2 Å². The molecule has 0 unspecified atom stereocenters. The van der Waals surface area contributed by atoms with Crippen LogP contribution in [0.15, 0.2) is 27.8 Å². The lowest BCUT2D eigenvalue weighted by Crippen LogP contribution is -2.02. The van der Waals surface area contributed by atoms with Crippen LogP contribution in [-0.4, -0.2) is 19.4 Å². The van der Waals surface area contributed by atoms with Gasteiger partial charge in [-0.05, 0) is 23.7 Å². The molecule has 78 valence electrons. The minimum atomic E-state index is 0.241. The van der Waals surface area contributed by atoms with E-state index in [-0.39, 0.29) is 13.2 Å². The molecule has 0 saturated heterocycles. The summed E-state index contributed by atoms with van der Waals surface area (Å²) in [6.45, 7) is 0.497. The molecule has 15 heavy (non-hydrogen) atoms. The Morgan fingerprint density at radius 3 is 3.07 bits per heavy atom. The van der Waals surface area contributed by atoms with Gasteiger partial charge in [-0.2, -0.15) is 0 Å². The Morgan fingerprint density at radius 2 is 2.40 bits per heavy atom. The van der Waals surface area contributed by atoms with Crippen LogP contribution in [0, 0.1) is 0 Å². The summed E-state index contributed by atoms with van der Waals surface area (Å²) in [5, 5.41) is 3.32. The van der Waals surface area contributed by atoms with E-state index in [4.69, 9.17) is 10.3 Å². The smallest absolute Gasteiger partial charge is 0.153 e. The molecule has 0 aliphatic rings. The van der Waals surface area contributed by atoms with E-state index >= 15 is 0 Å². The van der Waals surface area contributed by atoms with E-state index < -0.39 is 0 Å². The van der Waals surface area contributed by atoms with Crippen molar-refractivity contribution in [3.63, 3.8) is 0 Å². The Balaban J connectivity index is 2.67. The first-order chi connectivity index (χ1) is 7.27. The van der Waals surface area contributed by atoms with Gasteiger partial charge in [0.1, 0.15) is 5.75 Å². The number of carbonyl (C=O) groups is 1. The van der Waals surface area contributed by atoms with Crippen molar-refractivity contribution in [2.45, 2.75) is 0 Å². The number of halogens is 1. The van der Waals surface area contributed by atoms with Crippen molar-refractivity contribution in [2.24, 2.45) is 5.11 Å². The Labute approximate surface area is 94.8 Å². The monoisotopic (exact) mass is 269 g/mol. The highest BCUT2D eigenvalue weighted by molar-refractivity contribution is 9.10. The van der Waals surface area contributed by atoms with E-state index in [9.17, 15) is 4.79 Å². The topological polar surface area (TPSA) is 75.1 Å². The molecule has 0 N–H and O–H groups in total. The molecule has 0 radical (unpaired) electrons. The number of azide groups is 1. The van der Waals surface area contributed by atoms with E-state index in [1.807, 2.05) is 0 Å². The summed E-state index contributed by atoms with van der Waals surface area (Å²) in [6, 6.07) is 5.12. The second-order valence-corrected chi connectivity index (χ2v) is 3.52. The molecular formula is C9H8BrN3O2. The van der Waals surface area contributed by atoms with Crippen LogP contribution in [0.4, 0.5) is 0 Å². The first-order valence-corrected chi connectivity index (χ1v) is 4.95. The third-order valence-electron chi connectivity index (χ3n) is 1.61. The average molecular weight is 270 g/mol. The van der Waals surface area contributed by atoms with Crippen molar-refractivity contribution in [1.29, 1.82) is 0 Å². The first kappa shape index (κ1) is 11.6. The second kappa shape index (κ2) is 6.06. The third kappa shape index (κ3) is 3.61. The van der Waals surface area contributed by atoms with Gasteiger partial charge >= 0.3 is 0 Å². The van der Waals surface area contributed by atoms with Gasteiger partial charge in [-0.15, -0.1) is 0 Å². The van der Waals surface area contributed by atoms with E-state index in [1.54, 1.807) is 18.2 Å². The highest BCUT2D eigenvalue weighted by Gasteiger charge is 2.02. The SMILES string of the molecule is [N-]=[N+]=NCCOc1ccc(Br)cc1C=O. The van der Waals surface area contributed by atoms with Gasteiger partial charge in [0.15, 0.2) is 6.29 Å². The van der Waals surface area contributed by atoms with Crippen LogP contribution in [0.1, 0.15) is 10.4 Å². The molecule has 0 saturated carbocycles. The van der Waals surface area contributed by atoms with Gasteiger partial charge in [0.05, 0.1) is 18.7 Å². The standard InChI is InChI=1S/C9H8BrN3O2/c10-8-1-2-9(7(5-8)6-14)15-4-3-12-13-11/h1-2,5-6H,3-4H2. The normalized spacial score (nSPS) is 9.13. The minimum absolute atomic E-state index is 0.241. The Bertz CT molecular complexity index is 402. The first-order valence-electron chi connectivity index (χ1n) is 4.16. The molecular weight excluding hydrogens is 262 g/mol. The fourth-order valence-electron chi connectivity index (χ4n) is 0.984. The minimum Gasteiger partial charge on any atom is -0.493 e. The lowest BCUT2D eigenvalue weighted by molar-refractivity contribution is 0.111. The Morgan fingerprint density at radius 1 is 1.60 bits per heavy atom. The van der Waals surface area contributed by atoms with Crippen LogP contribution in [0.3, 0.4) is 0 Å². The summed E-state index contributed by atoms with van der Waals surface area (Å²) in [4.78, 5) is 13.3. The van der Waals surface area contributed by atoms with Gasteiger partial charge in [0, 0.05) is 9.38 Å². The van der Waals surface area contributed by atoms with Crippen LogP contribution in [-0.2, 0) is 0 Å². The van der Waals surface area contributed by atoms with Gasteiger partial charge in [-0.25, -0.2) is 0 Å². The summed E-state index contributed by atoms with van der Waals surface area (Å²) in [5.41, 5.74) is 8.50. The molecule has 1 rings (SSSR count). The molecule has 0 fully saturated rings. The number of hydrogen-bond acceptors (Lipinski definition) is 3. The third-order valence-corrected chi connectivity index (χ3v) is 2.10. The maximum atomic E-state index is 10.7. The van der Waals surface area contributed by atoms with Gasteiger partial charge in [-0.1, -0.05) is 21.0 Å². The summed E-state index contributed by atoms with van der Waals surface area (Å²) in [7, 11) is 0. The second-order valence-electron chi connectivity index (χ2n) is 2.60. The molecule has 6 heteroatoms. The molecule has 0 bridgehead atoms. The largest absolute Gasteiger partial charge is 0.493 e. The molecule has 0 aliphatic heterocycles. The van der Waals surface area contributed by atoms with Gasteiger partial charge in [-0.3, -0.25) is 4.79 Å². The van der Waals surface area contributed by atoms with E-state index in [2.05, 4.69) is 26.0 Å². The molecule has 0 aliphatic carbocycles. The number of hydrogen-bond donors (Lipinski definition) is 0. The lowest BCUT2D eigenvalue weighted by Gasteiger charge is -2.06. The molecule has 5 nitrogen and oxygen atoms in total. The lowest BCUT2D eigenvalue weighted by atomic mass is 10.2. The van der Waals surface area contributed by atoms with Gasteiger partial charge in [0.25, 0.3) is 0 Å². The maximum Gasteiger partial charge on any atom is 0.153 e. The quantitative estimate of drug-likeness (QED) is 0.271. The van der Waals surface area contributed by atoms with Crippen molar-refractivity contribution in [3.05, 3.63) is 38.7 Å². The number of rotatable bonds is 5. The zero-order valence-corrected chi connectivity index (χ0v) is 9.35. The van der Waals surface area contributed by atoms with Crippen molar-refractivity contribution in [2.75, 3.05) is 13.2 Å². The zero-order valence-electron chi connectivity index (χ0n) is 7.76. The summed E-state index contributed by atoms with van der Waals surface area (Å²) in [6.07, 6.45) is 0.716. The summed E-state index contributed by atoms with van der Waals surface area (Å²) < 4.78 is 6.08. The van der Waals surface area contributed by atoms with Crippen LogP contribution < -0.4 is 4.74 Å². The van der Waals surface area contributed by atoms with Crippen molar-refractivity contribution < 1.29 is 9.53 Å². The fraction of sp³-hybridized carbons (Fsp3) is 0.222. The number of ether oxygens (including phenoxy) is 1. The fourth-order valence-corrected chi connectivity index (χ4v) is 1.36. The van der Waals surface area contributed by atoms with Crippen LogP contribution in [0.5, 0.6) is 5.75 Å². The highest BCUT2D eigenvalue weighted by Crippen LogP contribution is 2.21. The molecule has 1 aromatic carbocycles. The zero-order chi connectivity index (χ0) is 11.1. The van der Waals surface area contributed by atoms with Gasteiger partial charge in [0.2, 0.25) is 0 Å². The maximum absolute atomic E-state index is 10.7. The number of benzene rings is 1. The van der Waals surface area contributed by atoms with E-state index in [1.165, 1.54) is 0 Å². The number of carbonyl (C=O) groups excluding carboxylic acids is 1. The number of aldehydes is 1. The predicted molar refractivity (Wildman–Crippen MR) is 59.0 cm³/mol. The van der Waals surface area contributed by atoms with Crippen molar-refractivity contribution in [1.82, 2.24) is 0 Å². The number of nitrogens with zero attached hydrogens (tertiary/aromatic N) is 3. The van der Waals surface area contributed by atoms with Crippen LogP contribution in [0.2, 0.25) is 0 Å². The molecule has 0 heterocycles. The molecule has 0 spiro atoms. The highest BCUT2D eigenvalue weighted by atomic mass is 79.9. The predicted octanol–water partition coefficient (Wildman–Crippen LogP) is 2.95. The molecule has 0 atom stereocenters. The summed E-state index contributed by atoms with van der Waals surface area (Å²) >= 11 is 3.25. The average Bonchev–Trinajstić information content (AvgIpc) is 2.26. The molecule has 0 amide bonds. The molecule has 0 aromatic heterocycles. The van der Waals surface area contributed by atoms with Crippen LogP contribution >= 0.6 is 15.9 Å². The molecule has 1 aromatic rings. The Kier molecular flexibility index (Phi) is 4.66. The Hall–Kier alpha value is -1.52.